The molecule has 1 heteroatoms. The largest absolute Gasteiger partial charge is 0.256 e. The second kappa shape index (κ2) is 5.03. The maximum atomic E-state index is 4.83. The first-order valence-corrected chi connectivity index (χ1v) is 8.74. The van der Waals surface area contributed by atoms with Gasteiger partial charge < -0.3 is 0 Å². The van der Waals surface area contributed by atoms with Crippen LogP contribution in [0, 0.1) is 20.8 Å². The molecule has 0 fully saturated rings. The average Bonchev–Trinajstić information content (AvgIpc) is 2.71. The molecule has 120 valence electrons. The Morgan fingerprint density at radius 1 is 0.680 bits per heavy atom. The lowest BCUT2D eigenvalue weighted by atomic mass is 9.90. The van der Waals surface area contributed by atoms with E-state index >= 15 is 0 Å². The molecule has 0 bridgehead atoms. The van der Waals surface area contributed by atoms with Gasteiger partial charge in [-0.2, -0.15) is 0 Å². The van der Waals surface area contributed by atoms with Crippen molar-refractivity contribution in [2.75, 3.05) is 0 Å². The highest BCUT2D eigenvalue weighted by Crippen LogP contribution is 2.48. The van der Waals surface area contributed by atoms with Gasteiger partial charge >= 0.3 is 0 Å². The molecule has 1 aliphatic carbocycles. The fourth-order valence-corrected chi connectivity index (χ4v) is 4.25. The van der Waals surface area contributed by atoms with Gasteiger partial charge in [0, 0.05) is 17.1 Å². The normalized spacial score (nSPS) is 11.8. The number of rotatable bonds is 0. The Hall–Kier alpha value is -2.93. The van der Waals surface area contributed by atoms with Crippen molar-refractivity contribution in [1.29, 1.82) is 0 Å². The summed E-state index contributed by atoms with van der Waals surface area (Å²) in [7, 11) is 0. The fraction of sp³-hybridized carbons (Fsp3) is 0.125. The van der Waals surface area contributed by atoms with Crippen LogP contribution in [0.5, 0.6) is 0 Å². The number of fused-ring (bicyclic) bond motifs is 5. The van der Waals surface area contributed by atoms with Crippen molar-refractivity contribution in [2.24, 2.45) is 0 Å². The number of aromatic nitrogens is 1. The van der Waals surface area contributed by atoms with Crippen molar-refractivity contribution >= 4 is 10.8 Å². The molecule has 0 saturated carbocycles. The molecule has 1 aromatic heterocycles. The minimum atomic E-state index is 1.11. The third-order valence-electron chi connectivity index (χ3n) is 5.26. The van der Waals surface area contributed by atoms with Crippen LogP contribution >= 0.6 is 0 Å². The lowest BCUT2D eigenvalue weighted by molar-refractivity contribution is 1.32. The zero-order chi connectivity index (χ0) is 17.1. The van der Waals surface area contributed by atoms with Crippen molar-refractivity contribution in [3.8, 4) is 33.5 Å². The van der Waals surface area contributed by atoms with Crippen molar-refractivity contribution in [1.82, 2.24) is 4.98 Å². The molecule has 0 unspecified atom stereocenters. The van der Waals surface area contributed by atoms with E-state index in [4.69, 9.17) is 4.98 Å². The van der Waals surface area contributed by atoms with E-state index in [-0.39, 0.29) is 0 Å². The summed E-state index contributed by atoms with van der Waals surface area (Å²) >= 11 is 0. The van der Waals surface area contributed by atoms with Crippen LogP contribution in [0.25, 0.3) is 44.3 Å². The minimum absolute atomic E-state index is 1.11. The number of hydrogen-bond acceptors (Lipinski definition) is 1. The first-order chi connectivity index (χ1) is 12.1. The van der Waals surface area contributed by atoms with Gasteiger partial charge in [-0.25, -0.2) is 0 Å². The molecule has 25 heavy (non-hydrogen) atoms. The van der Waals surface area contributed by atoms with Crippen molar-refractivity contribution < 1.29 is 0 Å². The predicted octanol–water partition coefficient (Wildman–Crippen LogP) is 6.47. The Labute approximate surface area is 148 Å². The molecule has 0 N–H and O–H groups in total. The summed E-state index contributed by atoms with van der Waals surface area (Å²) in [6, 6.07) is 20.1. The Morgan fingerprint density at radius 3 is 2.40 bits per heavy atom. The van der Waals surface area contributed by atoms with Crippen LogP contribution in [0.1, 0.15) is 16.7 Å². The summed E-state index contributed by atoms with van der Waals surface area (Å²) in [4.78, 5) is 4.83. The second-order valence-electron chi connectivity index (χ2n) is 7.12. The van der Waals surface area contributed by atoms with Gasteiger partial charge in [-0.15, -0.1) is 0 Å². The van der Waals surface area contributed by atoms with E-state index in [0.29, 0.717) is 0 Å². The molecule has 0 saturated heterocycles. The highest BCUT2D eigenvalue weighted by Gasteiger charge is 2.23. The molecule has 0 radical (unpaired) electrons. The zero-order valence-corrected chi connectivity index (χ0v) is 14.7. The van der Waals surface area contributed by atoms with Crippen LogP contribution in [-0.4, -0.2) is 4.98 Å². The molecular weight excluding hydrogens is 302 g/mol. The van der Waals surface area contributed by atoms with Gasteiger partial charge in [0.2, 0.25) is 0 Å². The van der Waals surface area contributed by atoms with Crippen molar-refractivity contribution in [2.45, 2.75) is 20.8 Å². The maximum Gasteiger partial charge on any atom is 0.0795 e. The first-order valence-electron chi connectivity index (χ1n) is 8.74. The lowest BCUT2D eigenvalue weighted by Crippen LogP contribution is -1.93. The highest BCUT2D eigenvalue weighted by atomic mass is 14.7. The van der Waals surface area contributed by atoms with Gasteiger partial charge in [0.1, 0.15) is 0 Å². The molecule has 0 amide bonds. The highest BCUT2D eigenvalue weighted by molar-refractivity contribution is 6.12. The standard InChI is InChI=1S/C24H19N/c1-14-7-8-18-19-6-4-5-17-9-10-25-24(23(17)19)22-16(3)11-15(2)13-21(22)20(18)12-14/h4-13H,1-3H3. The van der Waals surface area contributed by atoms with Crippen LogP contribution in [0.4, 0.5) is 0 Å². The molecule has 4 aromatic rings. The summed E-state index contributed by atoms with van der Waals surface area (Å²) < 4.78 is 0. The average molecular weight is 321 g/mol. The van der Waals surface area contributed by atoms with Crippen LogP contribution in [0.3, 0.4) is 0 Å². The van der Waals surface area contributed by atoms with Crippen molar-refractivity contribution in [3.63, 3.8) is 0 Å². The number of hydrogen-bond donors (Lipinski definition) is 0. The Balaban J connectivity index is 2.10. The van der Waals surface area contributed by atoms with Crippen molar-refractivity contribution in [3.05, 3.63) is 77.5 Å². The SMILES string of the molecule is Cc1ccc2c(c1)-c1cc(C)cc(C)c1-c1nccc3cccc-2c13. The summed E-state index contributed by atoms with van der Waals surface area (Å²) in [6.45, 7) is 6.55. The third kappa shape index (κ3) is 1.99. The van der Waals surface area contributed by atoms with Gasteiger partial charge in [-0.1, -0.05) is 59.7 Å². The molecule has 1 heterocycles. The molecular formula is C24H19N. The molecule has 1 aliphatic rings. The molecule has 1 nitrogen and oxygen atoms in total. The number of nitrogens with zero attached hydrogens (tertiary/aromatic N) is 1. The summed E-state index contributed by atoms with van der Waals surface area (Å²) in [5, 5.41) is 2.52. The fourth-order valence-electron chi connectivity index (χ4n) is 4.25. The van der Waals surface area contributed by atoms with Crippen LogP contribution < -0.4 is 0 Å². The third-order valence-corrected chi connectivity index (χ3v) is 5.26. The molecule has 5 rings (SSSR count). The molecule has 0 spiro atoms. The minimum Gasteiger partial charge on any atom is -0.256 e. The van der Waals surface area contributed by atoms with Gasteiger partial charge in [0.05, 0.1) is 5.69 Å². The van der Waals surface area contributed by atoms with Crippen LogP contribution in [0.2, 0.25) is 0 Å². The molecule has 3 aromatic carbocycles. The van der Waals surface area contributed by atoms with Gasteiger partial charge in [0.25, 0.3) is 0 Å². The Bertz CT molecular complexity index is 1160. The predicted molar refractivity (Wildman–Crippen MR) is 106 cm³/mol. The number of pyridine rings is 1. The van der Waals surface area contributed by atoms with Crippen LogP contribution in [0.15, 0.2) is 60.8 Å². The summed E-state index contributed by atoms with van der Waals surface area (Å²) in [5.74, 6) is 0. The monoisotopic (exact) mass is 321 g/mol. The smallest absolute Gasteiger partial charge is 0.0795 e. The van der Waals surface area contributed by atoms with E-state index in [9.17, 15) is 0 Å². The van der Waals surface area contributed by atoms with E-state index in [1.165, 1.54) is 55.3 Å². The maximum absolute atomic E-state index is 4.83. The van der Waals surface area contributed by atoms with E-state index in [1.54, 1.807) is 0 Å². The van der Waals surface area contributed by atoms with Gasteiger partial charge in [-0.3, -0.25) is 4.98 Å². The quantitative estimate of drug-likeness (QED) is 0.318. The topological polar surface area (TPSA) is 12.9 Å². The van der Waals surface area contributed by atoms with Gasteiger partial charge in [0.15, 0.2) is 0 Å². The second-order valence-corrected chi connectivity index (χ2v) is 7.12. The first kappa shape index (κ1) is 14.4. The van der Waals surface area contributed by atoms with E-state index in [0.717, 1.165) is 5.69 Å². The molecule has 0 atom stereocenters. The van der Waals surface area contributed by atoms with Crippen LogP contribution in [-0.2, 0) is 0 Å². The van der Waals surface area contributed by atoms with E-state index in [2.05, 4.69) is 75.4 Å². The van der Waals surface area contributed by atoms with Gasteiger partial charge in [-0.05, 0) is 60.0 Å². The zero-order valence-electron chi connectivity index (χ0n) is 14.7. The number of benzene rings is 3. The number of aryl methyl sites for hydroxylation is 3. The summed E-state index contributed by atoms with van der Waals surface area (Å²) in [5.41, 5.74) is 11.4. The van der Waals surface area contributed by atoms with E-state index in [1.807, 2.05) is 6.20 Å². The summed E-state index contributed by atoms with van der Waals surface area (Å²) in [6.07, 6.45) is 1.94. The molecule has 0 aliphatic heterocycles. The van der Waals surface area contributed by atoms with E-state index < -0.39 is 0 Å². The Morgan fingerprint density at radius 2 is 1.52 bits per heavy atom. The lowest BCUT2D eigenvalue weighted by Gasteiger charge is -2.14. The Kier molecular flexibility index (Phi) is 2.90.